The third-order valence-corrected chi connectivity index (χ3v) is 10.7. The van der Waals surface area contributed by atoms with Crippen LogP contribution in [0.3, 0.4) is 0 Å². The Morgan fingerprint density at radius 1 is 0.897 bits per heavy atom. The number of sulfonamides is 1. The normalized spacial score (nSPS) is 12.1. The number of aromatic amines is 1. The summed E-state index contributed by atoms with van der Waals surface area (Å²) in [6.45, 7) is 10.6. The maximum absolute atomic E-state index is 13.5. The SMILES string of the molecule is CCCOCCOCCOCCCNC(=O)CCCOc1cc(C)c(S(=O)(=O)N[C@@H](CCC(=O)c2ccc3c(cnn3CCCNc3ncc[nH]3)c2)C(=O)O)c(C)c1. The lowest BCUT2D eigenvalue weighted by molar-refractivity contribution is -0.139. The number of Topliss-reactive ketones (excluding diaryl/α,β-unsaturated/α-hetero) is 1. The van der Waals surface area contributed by atoms with Gasteiger partial charge < -0.3 is 39.7 Å². The van der Waals surface area contributed by atoms with Gasteiger partial charge in [-0.15, -0.1) is 0 Å². The predicted octanol–water partition coefficient (Wildman–Crippen LogP) is 4.40. The lowest BCUT2D eigenvalue weighted by atomic mass is 10.0. The summed E-state index contributed by atoms with van der Waals surface area (Å²) in [6.07, 6.45) is 7.79. The van der Waals surface area contributed by atoms with Crippen molar-refractivity contribution in [2.75, 3.05) is 64.7 Å². The summed E-state index contributed by atoms with van der Waals surface area (Å²) in [5.74, 6) is -0.702. The van der Waals surface area contributed by atoms with Crippen LogP contribution in [0.5, 0.6) is 5.75 Å². The first-order valence-corrected chi connectivity index (χ1v) is 21.2. The van der Waals surface area contributed by atoms with Crippen molar-refractivity contribution in [3.05, 3.63) is 65.6 Å². The van der Waals surface area contributed by atoms with Gasteiger partial charge in [-0.2, -0.15) is 9.82 Å². The number of carboxylic acid groups (broad SMARTS) is 1. The molecule has 1 amide bonds. The second-order valence-corrected chi connectivity index (χ2v) is 15.4. The summed E-state index contributed by atoms with van der Waals surface area (Å²) >= 11 is 0. The van der Waals surface area contributed by atoms with Gasteiger partial charge in [0.15, 0.2) is 11.7 Å². The van der Waals surface area contributed by atoms with E-state index in [-0.39, 0.29) is 42.5 Å². The zero-order valence-electron chi connectivity index (χ0n) is 33.6. The smallest absolute Gasteiger partial charge is 0.321 e. The molecule has 0 saturated carbocycles. The first-order chi connectivity index (χ1) is 28.0. The minimum atomic E-state index is -4.29. The fourth-order valence-corrected chi connectivity index (χ4v) is 7.83. The number of ketones is 1. The van der Waals surface area contributed by atoms with Crippen LogP contribution in [-0.4, -0.2) is 116 Å². The van der Waals surface area contributed by atoms with E-state index in [1.165, 1.54) is 0 Å². The molecule has 4 aromatic rings. The molecule has 0 saturated heterocycles. The summed E-state index contributed by atoms with van der Waals surface area (Å²) in [6, 6.07) is 6.75. The first kappa shape index (κ1) is 45.8. The number of hydrogen-bond acceptors (Lipinski definition) is 12. The van der Waals surface area contributed by atoms with Gasteiger partial charge in [-0.1, -0.05) is 6.92 Å². The molecule has 0 spiro atoms. The number of aryl methyl sites for hydroxylation is 3. The molecule has 0 aliphatic carbocycles. The summed E-state index contributed by atoms with van der Waals surface area (Å²) in [5, 5.41) is 21.2. The number of aliphatic carboxylic acids is 1. The average Bonchev–Trinajstić information content (AvgIpc) is 3.86. The Labute approximate surface area is 339 Å². The number of rotatable bonds is 30. The molecule has 0 fully saturated rings. The number of nitrogens with zero attached hydrogens (tertiary/aromatic N) is 3. The van der Waals surface area contributed by atoms with Crippen molar-refractivity contribution in [3.63, 3.8) is 0 Å². The quantitative estimate of drug-likeness (QED) is 0.0364. The molecular formula is C40H57N7O10S. The summed E-state index contributed by atoms with van der Waals surface area (Å²) in [7, 11) is -4.29. The van der Waals surface area contributed by atoms with Crippen LogP contribution >= 0.6 is 0 Å². The highest BCUT2D eigenvalue weighted by molar-refractivity contribution is 7.89. The van der Waals surface area contributed by atoms with E-state index in [2.05, 4.69) is 37.3 Å². The summed E-state index contributed by atoms with van der Waals surface area (Å²) < 4.78 is 53.2. The van der Waals surface area contributed by atoms with Gasteiger partial charge in [0.05, 0.1) is 49.6 Å². The van der Waals surface area contributed by atoms with E-state index in [1.54, 1.807) is 62.8 Å². The monoisotopic (exact) mass is 827 g/mol. The molecule has 0 bridgehead atoms. The Morgan fingerprint density at radius 2 is 1.62 bits per heavy atom. The number of nitrogens with one attached hydrogen (secondary N) is 4. The second-order valence-electron chi connectivity index (χ2n) is 13.7. The molecule has 58 heavy (non-hydrogen) atoms. The molecular weight excluding hydrogens is 771 g/mol. The van der Waals surface area contributed by atoms with Crippen molar-refractivity contribution in [2.24, 2.45) is 0 Å². The van der Waals surface area contributed by atoms with E-state index in [0.717, 1.165) is 30.4 Å². The molecule has 5 N–H and O–H groups in total. The summed E-state index contributed by atoms with van der Waals surface area (Å²) in [4.78, 5) is 44.6. The number of anilines is 1. The lowest BCUT2D eigenvalue weighted by Crippen LogP contribution is -2.41. The average molecular weight is 828 g/mol. The van der Waals surface area contributed by atoms with Gasteiger partial charge in [-0.25, -0.2) is 13.4 Å². The molecule has 18 heteroatoms. The first-order valence-electron chi connectivity index (χ1n) is 19.7. The molecule has 0 radical (unpaired) electrons. The molecule has 318 valence electrons. The Kier molecular flexibility index (Phi) is 19.1. The largest absolute Gasteiger partial charge is 0.494 e. The number of hydrogen-bond donors (Lipinski definition) is 5. The van der Waals surface area contributed by atoms with Gasteiger partial charge in [0.1, 0.15) is 11.8 Å². The Balaban J connectivity index is 1.17. The van der Waals surface area contributed by atoms with Gasteiger partial charge in [0.25, 0.3) is 0 Å². The number of carboxylic acids is 1. The third kappa shape index (κ3) is 15.1. The topological polar surface area (TPSA) is 225 Å². The number of amides is 1. The molecule has 4 rings (SSSR count). The molecule has 1 atom stereocenters. The minimum absolute atomic E-state index is 0.0653. The van der Waals surface area contributed by atoms with E-state index in [4.69, 9.17) is 18.9 Å². The molecule has 2 aromatic carbocycles. The predicted molar refractivity (Wildman–Crippen MR) is 218 cm³/mol. The Bertz CT molecular complexity index is 1980. The van der Waals surface area contributed by atoms with E-state index < -0.39 is 22.0 Å². The van der Waals surface area contributed by atoms with E-state index in [1.807, 2.05) is 4.68 Å². The lowest BCUT2D eigenvalue weighted by Gasteiger charge is -2.18. The van der Waals surface area contributed by atoms with Crippen molar-refractivity contribution in [2.45, 2.75) is 83.2 Å². The minimum Gasteiger partial charge on any atom is -0.494 e. The number of carbonyl (C=O) groups is 3. The van der Waals surface area contributed by atoms with Crippen LogP contribution in [0.4, 0.5) is 5.95 Å². The fourth-order valence-electron chi connectivity index (χ4n) is 6.15. The van der Waals surface area contributed by atoms with Crippen LogP contribution in [-0.2, 0) is 40.4 Å². The molecule has 2 heterocycles. The molecule has 2 aromatic heterocycles. The van der Waals surface area contributed by atoms with E-state index >= 15 is 0 Å². The molecule has 0 unspecified atom stereocenters. The molecule has 17 nitrogen and oxygen atoms in total. The zero-order valence-corrected chi connectivity index (χ0v) is 34.4. The standard InChI is InChI=1S/C40H57N7O10S/c1-4-18-54-21-23-56-24-22-55-19-7-14-41-37(49)8-5-20-57-33-25-29(2)38(30(3)26-33)58(52,53)46-34(39(50)51)10-12-36(48)31-9-11-35-32(27-31)28-45-47(35)17-6-13-42-40-43-15-16-44-40/h9,11,15-16,25-28,34,46H,4-8,10,12-14,17-24H2,1-3H3,(H,41,49)(H,50,51)(H2,42,43,44)/t34-/m0/s1. The van der Waals surface area contributed by atoms with Gasteiger partial charge in [-0.05, 0) is 87.4 Å². The highest BCUT2D eigenvalue weighted by Crippen LogP contribution is 2.27. The van der Waals surface area contributed by atoms with Crippen LogP contribution in [0.2, 0.25) is 0 Å². The molecule has 0 aliphatic rings. The van der Waals surface area contributed by atoms with E-state index in [9.17, 15) is 27.9 Å². The highest BCUT2D eigenvalue weighted by Gasteiger charge is 2.29. The number of imidazole rings is 1. The van der Waals surface area contributed by atoms with E-state index in [0.29, 0.717) is 93.9 Å². The number of fused-ring (bicyclic) bond motifs is 1. The molecule has 0 aliphatic heterocycles. The maximum atomic E-state index is 13.5. The van der Waals surface area contributed by atoms with Crippen molar-refractivity contribution in [1.82, 2.24) is 29.8 Å². The Hall–Kier alpha value is -4.88. The van der Waals surface area contributed by atoms with Crippen molar-refractivity contribution in [3.8, 4) is 5.75 Å². The Morgan fingerprint density at radius 3 is 2.31 bits per heavy atom. The van der Waals surface area contributed by atoms with Crippen molar-refractivity contribution in [1.29, 1.82) is 0 Å². The number of benzene rings is 2. The number of carbonyl (C=O) groups excluding carboxylic acids is 2. The summed E-state index contributed by atoms with van der Waals surface area (Å²) in [5.41, 5.74) is 1.95. The zero-order chi connectivity index (χ0) is 41.8. The van der Waals surface area contributed by atoms with Crippen molar-refractivity contribution < 1.29 is 46.9 Å². The highest BCUT2D eigenvalue weighted by atomic mass is 32.2. The second kappa shape index (κ2) is 24.1. The van der Waals surface area contributed by atoms with Gasteiger partial charge in [-0.3, -0.25) is 19.1 Å². The van der Waals surface area contributed by atoms with Gasteiger partial charge in [0.2, 0.25) is 15.9 Å². The maximum Gasteiger partial charge on any atom is 0.321 e. The van der Waals surface area contributed by atoms with Crippen LogP contribution in [0, 0.1) is 13.8 Å². The van der Waals surface area contributed by atoms with Crippen molar-refractivity contribution >= 4 is 44.5 Å². The van der Waals surface area contributed by atoms with Crippen LogP contribution in [0.1, 0.15) is 73.4 Å². The van der Waals surface area contributed by atoms with Crippen LogP contribution in [0.25, 0.3) is 10.9 Å². The van der Waals surface area contributed by atoms with Crippen LogP contribution < -0.4 is 20.1 Å². The fraction of sp³-hybridized carbons (Fsp3) is 0.525. The number of aromatic nitrogens is 4. The third-order valence-electron chi connectivity index (χ3n) is 8.96. The van der Waals surface area contributed by atoms with Gasteiger partial charge >= 0.3 is 5.97 Å². The van der Waals surface area contributed by atoms with Gasteiger partial charge in [0, 0.05) is 69.0 Å². The number of ether oxygens (including phenoxy) is 4. The van der Waals surface area contributed by atoms with Crippen LogP contribution in [0.15, 0.2) is 53.8 Å². The number of H-pyrrole nitrogens is 1.